The van der Waals surface area contributed by atoms with Crippen molar-refractivity contribution in [2.75, 3.05) is 32.9 Å². The molecule has 0 aromatic carbocycles. The Hall–Kier alpha value is -0.980. The van der Waals surface area contributed by atoms with Gasteiger partial charge in [-0.3, -0.25) is 9.69 Å². The van der Waals surface area contributed by atoms with E-state index in [2.05, 4.69) is 9.88 Å². The van der Waals surface area contributed by atoms with Gasteiger partial charge in [-0.15, -0.1) is 11.3 Å². The summed E-state index contributed by atoms with van der Waals surface area (Å²) in [5.74, 6) is 0. The van der Waals surface area contributed by atoms with Gasteiger partial charge in [0.1, 0.15) is 6.61 Å². The number of rotatable bonds is 5. The summed E-state index contributed by atoms with van der Waals surface area (Å²) in [7, 11) is 0. The van der Waals surface area contributed by atoms with E-state index in [9.17, 15) is 4.79 Å². The lowest BCUT2D eigenvalue weighted by Crippen LogP contribution is -2.40. The minimum Gasteiger partial charge on any atom is -0.466 e. The Balaban J connectivity index is 2.12. The van der Waals surface area contributed by atoms with Crippen molar-refractivity contribution in [3.05, 3.63) is 16.1 Å². The van der Waals surface area contributed by atoms with Crippen LogP contribution in [-0.2, 0) is 14.3 Å². The fraction of sp³-hybridized carbons (Fsp3) is 0.636. The van der Waals surface area contributed by atoms with Gasteiger partial charge in [-0.05, 0) is 6.92 Å². The summed E-state index contributed by atoms with van der Waals surface area (Å²) in [6.07, 6.45) is 0. The first kappa shape index (κ1) is 12.5. The number of aromatic nitrogens is 1. The lowest BCUT2D eigenvalue weighted by Gasteiger charge is -2.33. The molecule has 1 fully saturated rings. The molecule has 0 aliphatic carbocycles. The molecule has 94 valence electrons. The Morgan fingerprint density at radius 3 is 3.00 bits per heavy atom. The molecule has 2 heterocycles. The molecule has 0 saturated carbocycles. The van der Waals surface area contributed by atoms with Crippen molar-refractivity contribution in [1.82, 2.24) is 9.88 Å². The summed E-state index contributed by atoms with van der Waals surface area (Å²) in [5.41, 5.74) is 2.85. The predicted octanol–water partition coefficient (Wildman–Crippen LogP) is 0.998. The minimum absolute atomic E-state index is 0.108. The van der Waals surface area contributed by atoms with Crippen molar-refractivity contribution < 1.29 is 14.3 Å². The van der Waals surface area contributed by atoms with Gasteiger partial charge in [0.05, 0.1) is 30.5 Å². The first-order valence-corrected chi connectivity index (χ1v) is 6.48. The van der Waals surface area contributed by atoms with Crippen LogP contribution in [0.1, 0.15) is 16.6 Å². The Kier molecular flexibility index (Phi) is 4.47. The lowest BCUT2D eigenvalue weighted by molar-refractivity contribution is -0.131. The van der Waals surface area contributed by atoms with E-state index in [0.717, 1.165) is 32.0 Å². The molecule has 2 rings (SSSR count). The number of carbonyl (C=O) groups is 1. The van der Waals surface area contributed by atoms with Crippen LogP contribution in [-0.4, -0.2) is 49.3 Å². The third-order valence-corrected chi connectivity index (χ3v) is 3.93. The maximum Gasteiger partial charge on any atom is 0.293 e. The molecule has 17 heavy (non-hydrogen) atoms. The summed E-state index contributed by atoms with van der Waals surface area (Å²) in [4.78, 5) is 18.1. The molecule has 1 saturated heterocycles. The van der Waals surface area contributed by atoms with E-state index in [4.69, 9.17) is 9.47 Å². The van der Waals surface area contributed by atoms with Crippen LogP contribution in [0.2, 0.25) is 0 Å². The number of thiazole rings is 1. The van der Waals surface area contributed by atoms with Crippen LogP contribution >= 0.6 is 11.3 Å². The molecule has 1 atom stereocenters. The Bertz CT molecular complexity index is 363. The van der Waals surface area contributed by atoms with E-state index >= 15 is 0 Å². The van der Waals surface area contributed by atoms with Gasteiger partial charge in [-0.2, -0.15) is 0 Å². The number of aryl methyl sites for hydroxylation is 1. The molecule has 5 nitrogen and oxygen atoms in total. The molecule has 1 aliphatic heterocycles. The monoisotopic (exact) mass is 256 g/mol. The standard InChI is InChI=1S/C11H16N2O3S/c1-9-11(17-7-12-9)10(6-16-8-14)13-2-4-15-5-3-13/h7-8,10H,2-6H2,1H3. The largest absolute Gasteiger partial charge is 0.466 e. The van der Waals surface area contributed by atoms with Crippen LogP contribution in [0.15, 0.2) is 5.51 Å². The van der Waals surface area contributed by atoms with Gasteiger partial charge in [0.25, 0.3) is 6.47 Å². The summed E-state index contributed by atoms with van der Waals surface area (Å²) < 4.78 is 10.3. The molecule has 1 aromatic heterocycles. The second kappa shape index (κ2) is 6.09. The van der Waals surface area contributed by atoms with Gasteiger partial charge in [0, 0.05) is 18.0 Å². The first-order chi connectivity index (χ1) is 8.33. The fourth-order valence-corrected chi connectivity index (χ4v) is 2.92. The number of hydrogen-bond donors (Lipinski definition) is 0. The van der Waals surface area contributed by atoms with Gasteiger partial charge in [0.2, 0.25) is 0 Å². The third-order valence-electron chi connectivity index (χ3n) is 2.89. The summed E-state index contributed by atoms with van der Waals surface area (Å²) in [6, 6.07) is 0.108. The van der Waals surface area contributed by atoms with Crippen LogP contribution in [0, 0.1) is 6.92 Å². The molecule has 1 unspecified atom stereocenters. The predicted molar refractivity (Wildman–Crippen MR) is 64.0 cm³/mol. The van der Waals surface area contributed by atoms with Crippen LogP contribution in [0.25, 0.3) is 0 Å². The van der Waals surface area contributed by atoms with Crippen molar-refractivity contribution in [3.63, 3.8) is 0 Å². The zero-order chi connectivity index (χ0) is 12.1. The summed E-state index contributed by atoms with van der Waals surface area (Å²) >= 11 is 1.61. The van der Waals surface area contributed by atoms with Gasteiger partial charge >= 0.3 is 0 Å². The molecule has 0 radical (unpaired) electrons. The van der Waals surface area contributed by atoms with E-state index < -0.39 is 0 Å². The highest BCUT2D eigenvalue weighted by molar-refractivity contribution is 7.09. The zero-order valence-electron chi connectivity index (χ0n) is 9.80. The lowest BCUT2D eigenvalue weighted by atomic mass is 10.2. The van der Waals surface area contributed by atoms with Crippen molar-refractivity contribution in [2.45, 2.75) is 13.0 Å². The van der Waals surface area contributed by atoms with Crippen LogP contribution in [0.5, 0.6) is 0 Å². The average Bonchev–Trinajstić information content (AvgIpc) is 2.78. The quantitative estimate of drug-likeness (QED) is 0.736. The molecule has 0 bridgehead atoms. The molecule has 1 aliphatic rings. The zero-order valence-corrected chi connectivity index (χ0v) is 10.6. The number of ether oxygens (including phenoxy) is 2. The molecule has 6 heteroatoms. The molecular formula is C11H16N2O3S. The van der Waals surface area contributed by atoms with Crippen molar-refractivity contribution >= 4 is 17.8 Å². The average molecular weight is 256 g/mol. The van der Waals surface area contributed by atoms with Gasteiger partial charge in [-0.25, -0.2) is 4.98 Å². The molecule has 1 aromatic rings. The van der Waals surface area contributed by atoms with Crippen LogP contribution in [0.3, 0.4) is 0 Å². The topological polar surface area (TPSA) is 51.7 Å². The second-order valence-corrected chi connectivity index (χ2v) is 4.78. The normalized spacial score (nSPS) is 18.9. The summed E-state index contributed by atoms with van der Waals surface area (Å²) in [6.45, 7) is 6.07. The van der Waals surface area contributed by atoms with Crippen LogP contribution < -0.4 is 0 Å². The Labute approximate surface area is 104 Å². The van der Waals surface area contributed by atoms with Crippen molar-refractivity contribution in [1.29, 1.82) is 0 Å². The van der Waals surface area contributed by atoms with E-state index in [1.807, 2.05) is 12.4 Å². The Morgan fingerprint density at radius 2 is 2.41 bits per heavy atom. The second-order valence-electron chi connectivity index (χ2n) is 3.90. The van der Waals surface area contributed by atoms with Gasteiger partial charge < -0.3 is 9.47 Å². The molecule has 0 spiro atoms. The third kappa shape index (κ3) is 3.02. The number of hydrogen-bond acceptors (Lipinski definition) is 6. The number of nitrogens with zero attached hydrogens (tertiary/aromatic N) is 2. The van der Waals surface area contributed by atoms with Gasteiger partial charge in [0.15, 0.2) is 0 Å². The number of carbonyl (C=O) groups excluding carboxylic acids is 1. The molecule has 0 N–H and O–H groups in total. The van der Waals surface area contributed by atoms with Crippen molar-refractivity contribution in [2.24, 2.45) is 0 Å². The van der Waals surface area contributed by atoms with E-state index in [0.29, 0.717) is 13.1 Å². The molecule has 0 amide bonds. The van der Waals surface area contributed by atoms with Crippen molar-refractivity contribution in [3.8, 4) is 0 Å². The Morgan fingerprint density at radius 1 is 1.65 bits per heavy atom. The first-order valence-electron chi connectivity index (χ1n) is 5.60. The SMILES string of the molecule is Cc1ncsc1C(COC=O)N1CCOCC1. The highest BCUT2D eigenvalue weighted by Crippen LogP contribution is 2.28. The minimum atomic E-state index is 0.108. The number of morpholine rings is 1. The highest BCUT2D eigenvalue weighted by Gasteiger charge is 2.25. The molecular weight excluding hydrogens is 240 g/mol. The van der Waals surface area contributed by atoms with Crippen LogP contribution in [0.4, 0.5) is 0 Å². The smallest absolute Gasteiger partial charge is 0.293 e. The van der Waals surface area contributed by atoms with E-state index in [1.165, 1.54) is 4.88 Å². The van der Waals surface area contributed by atoms with E-state index in [-0.39, 0.29) is 6.04 Å². The highest BCUT2D eigenvalue weighted by atomic mass is 32.1. The fourth-order valence-electron chi connectivity index (χ4n) is 2.00. The maximum absolute atomic E-state index is 10.4. The van der Waals surface area contributed by atoms with E-state index in [1.54, 1.807) is 11.3 Å². The maximum atomic E-state index is 10.4. The van der Waals surface area contributed by atoms with Gasteiger partial charge in [-0.1, -0.05) is 0 Å². The summed E-state index contributed by atoms with van der Waals surface area (Å²) in [5, 5.41) is 0.